The summed E-state index contributed by atoms with van der Waals surface area (Å²) in [5.74, 6) is -1.36. The van der Waals surface area contributed by atoms with Crippen molar-refractivity contribution < 1.29 is 17.6 Å². The van der Waals surface area contributed by atoms with Crippen molar-refractivity contribution in [3.05, 3.63) is 121 Å². The van der Waals surface area contributed by atoms with Gasteiger partial charge in [-0.25, -0.2) is 4.98 Å². The third-order valence-electron chi connectivity index (χ3n) is 9.13. The number of hydrogen-bond donors (Lipinski definition) is 0. The Bertz CT molecular complexity index is 2850. The lowest BCUT2D eigenvalue weighted by atomic mass is 9.93. The fraction of sp³-hybridized carbons (Fsp3) is 0.0513. The standard InChI is InChI=1S/C39H21F3N4OS/c1-20-43-37(39(40,41)42)45-38(44-20)46-31-14-21-8-2-3-9-22(21)15-35(31)48-36-18-30-29-16-27-25-12-6-4-10-23(25)24-11-5-7-13-26(24)28(27)17-33(29)47-34(30)19-32(36)46/h2-19H,1H3. The molecule has 0 bridgehead atoms. The number of alkyl halides is 3. The zero-order valence-electron chi connectivity index (χ0n) is 25.1. The van der Waals surface area contributed by atoms with E-state index in [-0.39, 0.29) is 11.8 Å². The molecule has 0 saturated heterocycles. The van der Waals surface area contributed by atoms with Gasteiger partial charge in [-0.3, -0.25) is 4.90 Å². The molecule has 5 nitrogen and oxygen atoms in total. The van der Waals surface area contributed by atoms with E-state index in [1.165, 1.54) is 17.7 Å². The highest BCUT2D eigenvalue weighted by Gasteiger charge is 2.37. The molecule has 0 N–H and O–H groups in total. The van der Waals surface area contributed by atoms with Crippen LogP contribution in [0.5, 0.6) is 0 Å². The summed E-state index contributed by atoms with van der Waals surface area (Å²) in [7, 11) is 0. The van der Waals surface area contributed by atoms with Crippen molar-refractivity contribution in [2.24, 2.45) is 0 Å². The van der Waals surface area contributed by atoms with E-state index in [2.05, 4.69) is 81.7 Å². The SMILES string of the molecule is Cc1nc(N2c3cc4ccccc4cc3Sc3cc4c(cc32)oc2cc3c5ccccc5c5ccccc5c3cc24)nc(C(F)(F)F)n1. The molecule has 0 atom stereocenters. The number of hydrogen-bond acceptors (Lipinski definition) is 6. The number of anilines is 3. The van der Waals surface area contributed by atoms with E-state index >= 15 is 0 Å². The zero-order valence-corrected chi connectivity index (χ0v) is 25.9. The number of aryl methyl sites for hydroxylation is 1. The lowest BCUT2D eigenvalue weighted by Crippen LogP contribution is -2.21. The molecule has 3 heterocycles. The topological polar surface area (TPSA) is 55.1 Å². The maximum absolute atomic E-state index is 14.0. The Hall–Kier alpha value is -5.67. The summed E-state index contributed by atoms with van der Waals surface area (Å²) in [4.78, 5) is 15.4. The third kappa shape index (κ3) is 3.97. The quantitative estimate of drug-likeness (QED) is 0.165. The Morgan fingerprint density at radius 3 is 1.79 bits per heavy atom. The van der Waals surface area contributed by atoms with Crippen LogP contribution < -0.4 is 4.90 Å². The van der Waals surface area contributed by atoms with Crippen LogP contribution in [0.3, 0.4) is 0 Å². The van der Waals surface area contributed by atoms with Gasteiger partial charge in [-0.05, 0) is 80.3 Å². The van der Waals surface area contributed by atoms with Crippen molar-refractivity contribution >= 4 is 94.1 Å². The van der Waals surface area contributed by atoms with Gasteiger partial charge in [0.05, 0.1) is 11.4 Å². The van der Waals surface area contributed by atoms with Gasteiger partial charge >= 0.3 is 6.18 Å². The minimum absolute atomic E-state index is 0.0228. The van der Waals surface area contributed by atoms with Crippen molar-refractivity contribution in [2.45, 2.75) is 22.9 Å². The summed E-state index contributed by atoms with van der Waals surface area (Å²) >= 11 is 1.57. The Balaban J connectivity index is 1.27. The highest BCUT2D eigenvalue weighted by Crippen LogP contribution is 2.54. The molecule has 0 unspecified atom stereocenters. The number of rotatable bonds is 1. The van der Waals surface area contributed by atoms with Crippen LogP contribution >= 0.6 is 11.8 Å². The molecule has 48 heavy (non-hydrogen) atoms. The molecule has 0 radical (unpaired) electrons. The van der Waals surface area contributed by atoms with Gasteiger partial charge in [0.25, 0.3) is 0 Å². The molecular formula is C39H21F3N4OS. The largest absolute Gasteiger partial charge is 0.456 e. The first-order chi connectivity index (χ1) is 23.3. The van der Waals surface area contributed by atoms with Crippen molar-refractivity contribution in [3.8, 4) is 0 Å². The maximum Gasteiger partial charge on any atom is 0.451 e. The van der Waals surface area contributed by atoms with Crippen molar-refractivity contribution in [1.82, 2.24) is 15.0 Å². The average molecular weight is 651 g/mol. The fourth-order valence-electron chi connectivity index (χ4n) is 7.07. The monoisotopic (exact) mass is 650 g/mol. The molecule has 1 aliphatic heterocycles. The molecule has 2 aromatic heterocycles. The van der Waals surface area contributed by atoms with E-state index in [1.54, 1.807) is 16.7 Å². The summed E-state index contributed by atoms with van der Waals surface area (Å²) in [6.45, 7) is 1.45. The lowest BCUT2D eigenvalue weighted by molar-refractivity contribution is -0.145. The Kier molecular flexibility index (Phi) is 5.53. The number of aromatic nitrogens is 3. The van der Waals surface area contributed by atoms with Crippen LogP contribution in [0.2, 0.25) is 0 Å². The number of furan rings is 1. The van der Waals surface area contributed by atoms with Crippen LogP contribution in [0.4, 0.5) is 30.5 Å². The van der Waals surface area contributed by atoms with Crippen LogP contribution in [-0.4, -0.2) is 15.0 Å². The van der Waals surface area contributed by atoms with Crippen LogP contribution in [0.15, 0.2) is 123 Å². The fourth-order valence-corrected chi connectivity index (χ4v) is 8.18. The van der Waals surface area contributed by atoms with Gasteiger partial charge in [0, 0.05) is 26.6 Å². The lowest BCUT2D eigenvalue weighted by Gasteiger charge is -2.31. The summed E-state index contributed by atoms with van der Waals surface area (Å²) in [5.41, 5.74) is 2.66. The molecule has 0 saturated carbocycles. The second-order valence-corrected chi connectivity index (χ2v) is 13.1. The van der Waals surface area contributed by atoms with Gasteiger partial charge in [0.2, 0.25) is 11.8 Å². The van der Waals surface area contributed by atoms with Gasteiger partial charge in [-0.2, -0.15) is 23.1 Å². The number of nitrogens with zero attached hydrogens (tertiary/aromatic N) is 4. The van der Waals surface area contributed by atoms with Crippen molar-refractivity contribution in [1.29, 1.82) is 0 Å². The van der Waals surface area contributed by atoms with Crippen LogP contribution in [0.1, 0.15) is 11.6 Å². The van der Waals surface area contributed by atoms with Crippen LogP contribution in [0, 0.1) is 6.92 Å². The van der Waals surface area contributed by atoms with Gasteiger partial charge < -0.3 is 4.42 Å². The van der Waals surface area contributed by atoms with Gasteiger partial charge in [0.15, 0.2) is 0 Å². The third-order valence-corrected chi connectivity index (χ3v) is 10.2. The molecule has 0 fully saturated rings. The number of halogens is 3. The van der Waals surface area contributed by atoms with Crippen LogP contribution in [-0.2, 0) is 6.18 Å². The van der Waals surface area contributed by atoms with Crippen LogP contribution in [0.25, 0.3) is 65.0 Å². The normalized spacial score (nSPS) is 13.3. The first kappa shape index (κ1) is 27.4. The molecule has 0 amide bonds. The number of benzene rings is 7. The van der Waals surface area contributed by atoms with Gasteiger partial charge in [-0.1, -0.05) is 84.6 Å². The van der Waals surface area contributed by atoms with Crippen molar-refractivity contribution in [3.63, 3.8) is 0 Å². The molecule has 0 spiro atoms. The molecule has 10 rings (SSSR count). The average Bonchev–Trinajstić information content (AvgIpc) is 3.43. The highest BCUT2D eigenvalue weighted by molar-refractivity contribution is 7.99. The Morgan fingerprint density at radius 2 is 1.10 bits per heavy atom. The smallest absolute Gasteiger partial charge is 0.451 e. The summed E-state index contributed by atoms with van der Waals surface area (Å²) in [5, 5.41) is 10.7. The summed E-state index contributed by atoms with van der Waals surface area (Å²) in [6.07, 6.45) is -4.74. The minimum Gasteiger partial charge on any atom is -0.456 e. The van der Waals surface area contributed by atoms with E-state index in [9.17, 15) is 13.2 Å². The first-order valence-electron chi connectivity index (χ1n) is 15.3. The highest BCUT2D eigenvalue weighted by atomic mass is 32.2. The summed E-state index contributed by atoms with van der Waals surface area (Å²) in [6, 6.07) is 37.0. The molecule has 0 aliphatic carbocycles. The van der Waals surface area contributed by atoms with E-state index in [1.807, 2.05) is 42.5 Å². The van der Waals surface area contributed by atoms with E-state index in [0.29, 0.717) is 17.0 Å². The predicted molar refractivity (Wildman–Crippen MR) is 186 cm³/mol. The van der Waals surface area contributed by atoms with Gasteiger partial charge in [-0.15, -0.1) is 0 Å². The number of fused-ring (bicyclic) bond motifs is 12. The Morgan fingerprint density at radius 1 is 0.562 bits per heavy atom. The molecule has 9 heteroatoms. The van der Waals surface area contributed by atoms with E-state index in [4.69, 9.17) is 4.42 Å². The molecule has 9 aromatic rings. The molecule has 230 valence electrons. The zero-order chi connectivity index (χ0) is 32.3. The molecule has 1 aliphatic rings. The molecule has 7 aromatic carbocycles. The molecular weight excluding hydrogens is 630 g/mol. The second kappa shape index (κ2) is 9.68. The second-order valence-electron chi connectivity index (χ2n) is 12.0. The van der Waals surface area contributed by atoms with Gasteiger partial charge in [0.1, 0.15) is 17.0 Å². The first-order valence-corrected chi connectivity index (χ1v) is 16.2. The predicted octanol–water partition coefficient (Wildman–Crippen LogP) is 11.6. The maximum atomic E-state index is 14.0. The van der Waals surface area contributed by atoms with E-state index in [0.717, 1.165) is 58.5 Å². The minimum atomic E-state index is -4.74. The van der Waals surface area contributed by atoms with Crippen molar-refractivity contribution in [2.75, 3.05) is 4.90 Å². The van der Waals surface area contributed by atoms with E-state index < -0.39 is 12.0 Å². The Labute approximate surface area is 274 Å². The summed E-state index contributed by atoms with van der Waals surface area (Å²) < 4.78 is 48.5.